The average Bonchev–Trinajstić information content (AvgIpc) is 2.45. The molecule has 124 valence electrons. The Morgan fingerprint density at radius 3 is 2.18 bits per heavy atom. The van der Waals surface area contributed by atoms with Crippen LogP contribution in [0.4, 0.5) is 4.79 Å². The summed E-state index contributed by atoms with van der Waals surface area (Å²) in [6, 6.07) is 10.6. The zero-order valence-corrected chi connectivity index (χ0v) is 14.2. The smallest absolute Gasteiger partial charge is 0.408 e. The summed E-state index contributed by atoms with van der Waals surface area (Å²) in [5.74, 6) is -0.258. The lowest BCUT2D eigenvalue weighted by atomic mass is 10.1. The summed E-state index contributed by atoms with van der Waals surface area (Å²) >= 11 is 0. The molecule has 2 amide bonds. The molecular formula is C17H28N2O3. The van der Waals surface area contributed by atoms with Crippen LogP contribution in [0.5, 0.6) is 0 Å². The molecule has 1 aromatic rings. The quantitative estimate of drug-likeness (QED) is 0.898. The number of benzene rings is 1. The highest BCUT2D eigenvalue weighted by Crippen LogP contribution is 2.05. The third-order valence-electron chi connectivity index (χ3n) is 2.45. The molecule has 0 aromatic heterocycles. The Bertz CT molecular complexity index is 439. The van der Waals surface area contributed by atoms with Crippen molar-refractivity contribution in [1.29, 1.82) is 0 Å². The number of aryl methyl sites for hydroxylation is 1. The minimum absolute atomic E-state index is 0.0641. The highest BCUT2D eigenvalue weighted by atomic mass is 16.6. The number of likely N-dealkylation sites (N-methyl/N-ethyl adjacent to an activating group) is 1. The predicted octanol–water partition coefficient (Wildman–Crippen LogP) is 2.90. The first kappa shape index (κ1) is 20.0. The fraction of sp³-hybridized carbons (Fsp3) is 0.529. The van der Waals surface area contributed by atoms with Crippen LogP contribution in [0.15, 0.2) is 30.3 Å². The molecule has 0 bridgehead atoms. The van der Waals surface area contributed by atoms with Gasteiger partial charge in [0.1, 0.15) is 5.60 Å². The molecule has 0 unspecified atom stereocenters. The summed E-state index contributed by atoms with van der Waals surface area (Å²) in [6.07, 6.45) is 1.86. The second-order valence-electron chi connectivity index (χ2n) is 5.76. The molecular weight excluding hydrogens is 280 g/mol. The van der Waals surface area contributed by atoms with Crippen molar-refractivity contribution in [3.05, 3.63) is 35.9 Å². The maximum Gasteiger partial charge on any atom is 0.408 e. The van der Waals surface area contributed by atoms with Crippen LogP contribution in [0.3, 0.4) is 0 Å². The Balaban J connectivity index is 0.000000425. The second kappa shape index (κ2) is 10.7. The zero-order valence-electron chi connectivity index (χ0n) is 14.2. The zero-order chi connectivity index (χ0) is 17.0. The molecule has 0 saturated heterocycles. The van der Waals surface area contributed by atoms with E-state index in [4.69, 9.17) is 4.74 Å². The molecule has 0 saturated carbocycles. The topological polar surface area (TPSA) is 67.4 Å². The monoisotopic (exact) mass is 308 g/mol. The lowest BCUT2D eigenvalue weighted by Gasteiger charge is -2.19. The standard InChI is InChI=1S/C9H12.C8H16N2O3/c1-2-6-9-7-4-3-5-8-9;1-8(2,3)13-7(12)10-5-6(11)9-4/h3-5,7-8H,2,6H2,1H3;5H2,1-4H3,(H,9,11)(H,10,12). The van der Waals surface area contributed by atoms with Crippen LogP contribution in [0.2, 0.25) is 0 Å². The number of carbonyl (C=O) groups excluding carboxylic acids is 2. The Morgan fingerprint density at radius 1 is 1.14 bits per heavy atom. The van der Waals surface area contributed by atoms with Gasteiger partial charge in [0.05, 0.1) is 6.54 Å². The number of amides is 2. The van der Waals surface area contributed by atoms with Crippen LogP contribution in [-0.4, -0.2) is 31.2 Å². The van der Waals surface area contributed by atoms with Crippen LogP contribution in [0.25, 0.3) is 0 Å². The van der Waals surface area contributed by atoms with Crippen LogP contribution in [0, 0.1) is 0 Å². The van der Waals surface area contributed by atoms with Crippen molar-refractivity contribution in [2.45, 2.75) is 46.1 Å². The van der Waals surface area contributed by atoms with E-state index < -0.39 is 11.7 Å². The van der Waals surface area contributed by atoms with Crippen LogP contribution < -0.4 is 10.6 Å². The summed E-state index contributed by atoms with van der Waals surface area (Å²) in [7, 11) is 1.50. The number of carbonyl (C=O) groups is 2. The van der Waals surface area contributed by atoms with Crippen molar-refractivity contribution in [2.75, 3.05) is 13.6 Å². The van der Waals surface area contributed by atoms with Gasteiger partial charge >= 0.3 is 6.09 Å². The molecule has 0 aliphatic carbocycles. The van der Waals surface area contributed by atoms with E-state index in [0.29, 0.717) is 0 Å². The van der Waals surface area contributed by atoms with Crippen molar-refractivity contribution in [3.8, 4) is 0 Å². The SMILES string of the molecule is CCCc1ccccc1.CNC(=O)CNC(=O)OC(C)(C)C. The molecule has 22 heavy (non-hydrogen) atoms. The molecule has 0 radical (unpaired) electrons. The van der Waals surface area contributed by atoms with Gasteiger partial charge < -0.3 is 15.4 Å². The van der Waals surface area contributed by atoms with Crippen LogP contribution in [0.1, 0.15) is 39.7 Å². The largest absolute Gasteiger partial charge is 0.444 e. The van der Waals surface area contributed by atoms with E-state index in [2.05, 4.69) is 47.9 Å². The number of hydrogen-bond acceptors (Lipinski definition) is 3. The maximum absolute atomic E-state index is 11.0. The van der Waals surface area contributed by atoms with Gasteiger partial charge in [0, 0.05) is 7.05 Å². The summed E-state index contributed by atoms with van der Waals surface area (Å²) in [4.78, 5) is 21.7. The van der Waals surface area contributed by atoms with Gasteiger partial charge in [-0.15, -0.1) is 0 Å². The van der Waals surface area contributed by atoms with Gasteiger partial charge in [-0.2, -0.15) is 0 Å². The molecule has 0 atom stereocenters. The van der Waals surface area contributed by atoms with E-state index in [1.807, 2.05) is 0 Å². The molecule has 0 aliphatic heterocycles. The molecule has 5 nitrogen and oxygen atoms in total. The Labute approximate surface area is 133 Å². The first-order chi connectivity index (χ1) is 10.3. The normalized spacial score (nSPS) is 10.0. The van der Waals surface area contributed by atoms with E-state index in [0.717, 1.165) is 0 Å². The van der Waals surface area contributed by atoms with Gasteiger partial charge in [-0.05, 0) is 32.8 Å². The van der Waals surface area contributed by atoms with Gasteiger partial charge in [-0.25, -0.2) is 4.79 Å². The van der Waals surface area contributed by atoms with E-state index >= 15 is 0 Å². The van der Waals surface area contributed by atoms with Crippen molar-refractivity contribution < 1.29 is 14.3 Å². The molecule has 0 spiro atoms. The number of rotatable bonds is 4. The summed E-state index contributed by atoms with van der Waals surface area (Å²) in [5.41, 5.74) is 0.909. The van der Waals surface area contributed by atoms with Crippen LogP contribution in [-0.2, 0) is 16.0 Å². The summed E-state index contributed by atoms with van der Waals surface area (Å²) in [5, 5.41) is 4.69. The first-order valence-electron chi connectivity index (χ1n) is 7.49. The van der Waals surface area contributed by atoms with E-state index in [1.165, 1.54) is 25.5 Å². The predicted molar refractivity (Wildman–Crippen MR) is 88.7 cm³/mol. The molecule has 0 aliphatic rings. The van der Waals surface area contributed by atoms with Gasteiger partial charge in [-0.3, -0.25) is 4.79 Å². The van der Waals surface area contributed by atoms with E-state index in [9.17, 15) is 9.59 Å². The Kier molecular flexibility index (Phi) is 9.67. The minimum atomic E-state index is -0.587. The van der Waals surface area contributed by atoms with Crippen LogP contribution >= 0.6 is 0 Å². The number of alkyl carbamates (subject to hydrolysis) is 1. The second-order valence-corrected chi connectivity index (χ2v) is 5.76. The van der Waals surface area contributed by atoms with Gasteiger partial charge in [0.15, 0.2) is 0 Å². The van der Waals surface area contributed by atoms with Crippen molar-refractivity contribution in [1.82, 2.24) is 10.6 Å². The molecule has 2 N–H and O–H groups in total. The fourth-order valence-corrected chi connectivity index (χ4v) is 1.49. The average molecular weight is 308 g/mol. The van der Waals surface area contributed by atoms with E-state index in [-0.39, 0.29) is 12.5 Å². The fourth-order valence-electron chi connectivity index (χ4n) is 1.49. The summed E-state index contributed by atoms with van der Waals surface area (Å²) < 4.78 is 4.90. The molecule has 0 fully saturated rings. The molecule has 5 heteroatoms. The van der Waals surface area contributed by atoms with Gasteiger partial charge in [0.2, 0.25) is 5.91 Å². The highest BCUT2D eigenvalue weighted by Gasteiger charge is 2.16. The van der Waals surface area contributed by atoms with E-state index in [1.54, 1.807) is 20.8 Å². The minimum Gasteiger partial charge on any atom is -0.444 e. The Morgan fingerprint density at radius 2 is 1.73 bits per heavy atom. The van der Waals surface area contributed by atoms with Gasteiger partial charge in [-0.1, -0.05) is 43.7 Å². The highest BCUT2D eigenvalue weighted by molar-refractivity contribution is 5.81. The molecule has 1 rings (SSSR count). The number of ether oxygens (including phenoxy) is 1. The number of hydrogen-bond donors (Lipinski definition) is 2. The van der Waals surface area contributed by atoms with Gasteiger partial charge in [0.25, 0.3) is 0 Å². The lowest BCUT2D eigenvalue weighted by molar-refractivity contribution is -0.119. The van der Waals surface area contributed by atoms with Crippen molar-refractivity contribution in [3.63, 3.8) is 0 Å². The third-order valence-corrected chi connectivity index (χ3v) is 2.45. The number of nitrogens with one attached hydrogen (secondary N) is 2. The Hall–Kier alpha value is -2.04. The third kappa shape index (κ3) is 11.8. The van der Waals surface area contributed by atoms with Crippen molar-refractivity contribution >= 4 is 12.0 Å². The lowest BCUT2D eigenvalue weighted by Crippen LogP contribution is -2.38. The first-order valence-corrected chi connectivity index (χ1v) is 7.49. The summed E-state index contributed by atoms with van der Waals surface area (Å²) in [6.45, 7) is 7.41. The maximum atomic E-state index is 11.0. The molecule has 1 aromatic carbocycles. The van der Waals surface area contributed by atoms with Crippen molar-refractivity contribution in [2.24, 2.45) is 0 Å². The molecule has 0 heterocycles.